The highest BCUT2D eigenvalue weighted by Crippen LogP contribution is 2.32. The number of ether oxygens (including phenoxy) is 2. The number of hydrogen-bond acceptors (Lipinski definition) is 7. The van der Waals surface area contributed by atoms with Crippen molar-refractivity contribution in [2.45, 2.75) is 64.6 Å². The van der Waals surface area contributed by atoms with Gasteiger partial charge in [0.1, 0.15) is 18.5 Å². The predicted molar refractivity (Wildman–Crippen MR) is 137 cm³/mol. The number of alkyl halides is 3. The molecule has 1 saturated heterocycles. The van der Waals surface area contributed by atoms with E-state index >= 15 is 0 Å². The van der Waals surface area contributed by atoms with E-state index in [9.17, 15) is 18.0 Å². The zero-order valence-electron chi connectivity index (χ0n) is 21.8. The lowest BCUT2D eigenvalue weighted by Gasteiger charge is -2.31. The molecule has 4 rings (SSSR count). The number of rotatable bonds is 7. The monoisotopic (exact) mass is 529 g/mol. The molecule has 11 heteroatoms. The van der Waals surface area contributed by atoms with Gasteiger partial charge in [-0.05, 0) is 64.4 Å². The third-order valence-corrected chi connectivity index (χ3v) is 5.97. The number of nitrogens with zero attached hydrogens (tertiary/aromatic N) is 4. The number of aromatic nitrogens is 3. The van der Waals surface area contributed by atoms with E-state index < -0.39 is 23.4 Å². The Morgan fingerprint density at radius 2 is 1.84 bits per heavy atom. The zero-order chi connectivity index (χ0) is 27.7. The molecule has 1 unspecified atom stereocenters. The second-order valence-electron chi connectivity index (χ2n) is 10.1. The van der Waals surface area contributed by atoms with Gasteiger partial charge in [0.2, 0.25) is 5.95 Å². The fourth-order valence-electron chi connectivity index (χ4n) is 4.21. The lowest BCUT2D eigenvalue weighted by atomic mass is 10.0. The molecule has 1 aliphatic heterocycles. The van der Waals surface area contributed by atoms with E-state index in [0.29, 0.717) is 22.6 Å². The van der Waals surface area contributed by atoms with Crippen LogP contribution in [0.4, 0.5) is 29.7 Å². The molecule has 8 nitrogen and oxygen atoms in total. The van der Waals surface area contributed by atoms with Crippen LogP contribution in [0.25, 0.3) is 11.1 Å². The summed E-state index contributed by atoms with van der Waals surface area (Å²) >= 11 is 0. The first-order valence-corrected chi connectivity index (χ1v) is 12.2. The third kappa shape index (κ3) is 6.39. The van der Waals surface area contributed by atoms with Crippen molar-refractivity contribution in [1.82, 2.24) is 15.0 Å². The van der Waals surface area contributed by atoms with E-state index in [-0.39, 0.29) is 30.7 Å². The Hall–Kier alpha value is -3.73. The van der Waals surface area contributed by atoms with Gasteiger partial charge in [0.25, 0.3) is 0 Å². The van der Waals surface area contributed by atoms with Crippen LogP contribution in [-0.4, -0.2) is 45.4 Å². The molecule has 202 valence electrons. The van der Waals surface area contributed by atoms with Crippen molar-refractivity contribution < 1.29 is 27.4 Å². The van der Waals surface area contributed by atoms with Gasteiger partial charge in [0.05, 0.1) is 29.0 Å². The van der Waals surface area contributed by atoms with Gasteiger partial charge >= 0.3 is 12.3 Å². The van der Waals surface area contributed by atoms with Crippen LogP contribution in [0.2, 0.25) is 0 Å². The van der Waals surface area contributed by atoms with E-state index in [2.05, 4.69) is 20.3 Å². The van der Waals surface area contributed by atoms with Crippen molar-refractivity contribution in [1.29, 1.82) is 0 Å². The van der Waals surface area contributed by atoms with Gasteiger partial charge in [-0.2, -0.15) is 18.2 Å². The maximum Gasteiger partial charge on any atom is 0.416 e. The topological polar surface area (TPSA) is 89.5 Å². The minimum atomic E-state index is -4.42. The minimum Gasteiger partial charge on any atom is -0.447 e. The maximum absolute atomic E-state index is 13.1. The minimum absolute atomic E-state index is 0.182. The molecule has 1 fully saturated rings. The Morgan fingerprint density at radius 3 is 2.50 bits per heavy atom. The highest BCUT2D eigenvalue weighted by Gasteiger charge is 2.40. The quantitative estimate of drug-likeness (QED) is 0.386. The number of anilines is 2. The fraction of sp³-hybridized carbons (Fsp3) is 0.407. The normalized spacial score (nSPS) is 17.7. The van der Waals surface area contributed by atoms with Crippen molar-refractivity contribution in [3.63, 3.8) is 0 Å². The Morgan fingerprint density at radius 1 is 1.08 bits per heavy atom. The molecule has 0 radical (unpaired) electrons. The first-order chi connectivity index (χ1) is 17.8. The number of hydrogen-bond donors (Lipinski definition) is 1. The van der Waals surface area contributed by atoms with E-state index in [0.717, 1.165) is 12.1 Å². The predicted octanol–water partition coefficient (Wildman–Crippen LogP) is 6.26. The Bertz CT molecular complexity index is 1280. The first kappa shape index (κ1) is 27.3. The second-order valence-corrected chi connectivity index (χ2v) is 10.1. The summed E-state index contributed by atoms with van der Waals surface area (Å²) in [5.74, 6) is 0.654. The van der Waals surface area contributed by atoms with Crippen molar-refractivity contribution >= 4 is 17.9 Å². The first-order valence-electron chi connectivity index (χ1n) is 12.2. The molecule has 0 spiro atoms. The van der Waals surface area contributed by atoms with Gasteiger partial charge in [-0.25, -0.2) is 9.78 Å². The van der Waals surface area contributed by atoms with Gasteiger partial charge < -0.3 is 14.8 Å². The summed E-state index contributed by atoms with van der Waals surface area (Å²) < 4.78 is 50.5. The molecule has 38 heavy (non-hydrogen) atoms. The molecule has 3 aromatic rings. The number of carbonyl (C=O) groups excluding carboxylic acids is 1. The average molecular weight is 530 g/mol. The van der Waals surface area contributed by atoms with E-state index in [1.54, 1.807) is 30.5 Å². The number of carbonyl (C=O) groups is 1. The number of amides is 1. The molecule has 3 atom stereocenters. The molecule has 0 saturated carbocycles. The summed E-state index contributed by atoms with van der Waals surface area (Å²) in [5.41, 5.74) is 0.520. The standard InChI is InChI=1S/C27H30F3N5O3/c1-16(21-10-9-19(14-32-21)18-7-6-8-20(13-18)27(28,29)30)33-24-31-12-11-23(34-24)35-22(15-37-25(35)36)17(2)38-26(3,4)5/h6-14,16-17,22H,15H2,1-5H3,(H,31,33,34)/t16-,17+,22?/m0/s1. The molecule has 1 N–H and O–H groups in total. The molecule has 1 amide bonds. The largest absolute Gasteiger partial charge is 0.447 e. The van der Waals surface area contributed by atoms with Crippen LogP contribution in [0.3, 0.4) is 0 Å². The highest BCUT2D eigenvalue weighted by molar-refractivity contribution is 5.89. The molecular formula is C27H30F3N5O3. The van der Waals surface area contributed by atoms with Gasteiger partial charge in [-0.3, -0.25) is 9.88 Å². The van der Waals surface area contributed by atoms with E-state index in [1.807, 2.05) is 34.6 Å². The van der Waals surface area contributed by atoms with Crippen molar-refractivity contribution in [2.75, 3.05) is 16.8 Å². The molecule has 1 aliphatic rings. The van der Waals surface area contributed by atoms with Gasteiger partial charge in [0.15, 0.2) is 0 Å². The van der Waals surface area contributed by atoms with E-state index in [1.165, 1.54) is 17.2 Å². The number of cyclic esters (lactones) is 1. The summed E-state index contributed by atoms with van der Waals surface area (Å²) in [4.78, 5) is 27.2. The van der Waals surface area contributed by atoms with Crippen LogP contribution in [-0.2, 0) is 15.7 Å². The van der Waals surface area contributed by atoms with Crippen LogP contribution in [0.1, 0.15) is 51.9 Å². The van der Waals surface area contributed by atoms with Crippen LogP contribution in [0.15, 0.2) is 54.9 Å². The summed E-state index contributed by atoms with van der Waals surface area (Å²) in [6.07, 6.45) is -2.16. The fourth-order valence-corrected chi connectivity index (χ4v) is 4.21. The second kappa shape index (κ2) is 10.6. The maximum atomic E-state index is 13.1. The van der Waals surface area contributed by atoms with Crippen molar-refractivity contribution in [3.8, 4) is 11.1 Å². The van der Waals surface area contributed by atoms with Crippen LogP contribution in [0, 0.1) is 0 Å². The molecule has 0 aliphatic carbocycles. The Balaban J connectivity index is 1.48. The summed E-state index contributed by atoms with van der Waals surface area (Å²) in [5, 5.41) is 3.16. The lowest BCUT2D eigenvalue weighted by molar-refractivity contribution is -0.137. The zero-order valence-corrected chi connectivity index (χ0v) is 21.8. The van der Waals surface area contributed by atoms with Gasteiger partial charge in [-0.1, -0.05) is 18.2 Å². The number of halogens is 3. The molecule has 3 heterocycles. The molecule has 2 aromatic heterocycles. The van der Waals surface area contributed by atoms with Crippen LogP contribution < -0.4 is 10.2 Å². The molecular weight excluding hydrogens is 499 g/mol. The van der Waals surface area contributed by atoms with Gasteiger partial charge in [-0.15, -0.1) is 0 Å². The van der Waals surface area contributed by atoms with E-state index in [4.69, 9.17) is 9.47 Å². The van der Waals surface area contributed by atoms with Gasteiger partial charge in [0, 0.05) is 18.0 Å². The number of benzene rings is 1. The highest BCUT2D eigenvalue weighted by atomic mass is 19.4. The van der Waals surface area contributed by atoms with Crippen molar-refractivity contribution in [3.05, 3.63) is 66.1 Å². The van der Waals surface area contributed by atoms with Crippen molar-refractivity contribution in [2.24, 2.45) is 0 Å². The lowest BCUT2D eigenvalue weighted by Crippen LogP contribution is -2.45. The third-order valence-electron chi connectivity index (χ3n) is 5.97. The smallest absolute Gasteiger partial charge is 0.416 e. The number of pyridine rings is 1. The average Bonchev–Trinajstić information content (AvgIpc) is 3.24. The van der Waals surface area contributed by atoms with Crippen LogP contribution >= 0.6 is 0 Å². The Kier molecular flexibility index (Phi) is 7.59. The Labute approximate surface area is 219 Å². The summed E-state index contributed by atoms with van der Waals surface area (Å²) in [6, 6.07) is 9.51. The number of nitrogens with one attached hydrogen (secondary N) is 1. The molecule has 1 aromatic carbocycles. The SMILES string of the molecule is C[C@H](Nc1nccc(N2C(=O)OCC2[C@@H](C)OC(C)(C)C)n1)c1ccc(-c2cccc(C(F)(F)F)c2)cn1. The summed E-state index contributed by atoms with van der Waals surface area (Å²) in [7, 11) is 0. The molecule has 0 bridgehead atoms. The summed E-state index contributed by atoms with van der Waals surface area (Å²) in [6.45, 7) is 9.76. The van der Waals surface area contributed by atoms with Crippen LogP contribution in [0.5, 0.6) is 0 Å².